The average Bonchev–Trinajstić information content (AvgIpc) is 2.15. The van der Waals surface area contributed by atoms with E-state index in [-0.39, 0.29) is 13.2 Å². The summed E-state index contributed by atoms with van der Waals surface area (Å²) in [6, 6.07) is 3.32. The lowest BCUT2D eigenvalue weighted by molar-refractivity contribution is 0.194. The van der Waals surface area contributed by atoms with Crippen molar-refractivity contribution in [3.8, 4) is 0 Å². The van der Waals surface area contributed by atoms with E-state index in [1.165, 1.54) is 6.20 Å². The number of hydrogen-bond acceptors (Lipinski definition) is 3. The second-order valence-electron chi connectivity index (χ2n) is 2.47. The molecule has 13 heavy (non-hydrogen) atoms. The summed E-state index contributed by atoms with van der Waals surface area (Å²) in [7, 11) is 0. The van der Waals surface area contributed by atoms with Crippen molar-refractivity contribution in [2.75, 3.05) is 0 Å². The standard InChI is InChI=1S/C8H10N2O3/c11-5-6-1-2-9-7(3-6)4-10-8(12)13/h1-3,10-11H,4-5H2,(H,12,13). The van der Waals surface area contributed by atoms with Gasteiger partial charge < -0.3 is 15.5 Å². The summed E-state index contributed by atoms with van der Waals surface area (Å²) in [5, 5.41) is 19.3. The number of nitrogens with zero attached hydrogens (tertiary/aromatic N) is 1. The molecule has 0 saturated heterocycles. The number of amides is 1. The molecule has 1 heterocycles. The zero-order valence-electron chi connectivity index (χ0n) is 6.90. The number of nitrogens with one attached hydrogen (secondary N) is 1. The van der Waals surface area contributed by atoms with E-state index in [2.05, 4.69) is 10.3 Å². The minimum absolute atomic E-state index is 0.0669. The number of carboxylic acid groups (broad SMARTS) is 1. The fourth-order valence-corrected chi connectivity index (χ4v) is 0.889. The number of pyridine rings is 1. The van der Waals surface area contributed by atoms with Crippen molar-refractivity contribution < 1.29 is 15.0 Å². The number of aliphatic hydroxyl groups is 1. The predicted octanol–water partition coefficient (Wildman–Crippen LogP) is 0.341. The fourth-order valence-electron chi connectivity index (χ4n) is 0.889. The maximum absolute atomic E-state index is 10.1. The van der Waals surface area contributed by atoms with Gasteiger partial charge in [0.1, 0.15) is 0 Å². The molecule has 0 fully saturated rings. The van der Waals surface area contributed by atoms with E-state index in [1.807, 2.05) is 0 Å². The van der Waals surface area contributed by atoms with Gasteiger partial charge in [0.2, 0.25) is 0 Å². The van der Waals surface area contributed by atoms with E-state index < -0.39 is 6.09 Å². The lowest BCUT2D eigenvalue weighted by Crippen LogP contribution is -2.20. The highest BCUT2D eigenvalue weighted by Crippen LogP contribution is 2.00. The summed E-state index contributed by atoms with van der Waals surface area (Å²) in [5.41, 5.74) is 1.31. The normalized spacial score (nSPS) is 9.62. The lowest BCUT2D eigenvalue weighted by atomic mass is 10.2. The fraction of sp³-hybridized carbons (Fsp3) is 0.250. The zero-order chi connectivity index (χ0) is 9.68. The Morgan fingerprint density at radius 3 is 3.00 bits per heavy atom. The first-order valence-electron chi connectivity index (χ1n) is 3.74. The van der Waals surface area contributed by atoms with E-state index in [1.54, 1.807) is 12.1 Å². The van der Waals surface area contributed by atoms with E-state index >= 15 is 0 Å². The number of aromatic nitrogens is 1. The molecule has 0 radical (unpaired) electrons. The first kappa shape index (κ1) is 9.47. The molecule has 0 spiro atoms. The van der Waals surface area contributed by atoms with E-state index in [9.17, 15) is 4.79 Å². The highest BCUT2D eigenvalue weighted by Gasteiger charge is 1.98. The minimum Gasteiger partial charge on any atom is -0.465 e. The van der Waals surface area contributed by atoms with Crippen LogP contribution in [0.5, 0.6) is 0 Å². The first-order chi connectivity index (χ1) is 6.22. The molecule has 5 nitrogen and oxygen atoms in total. The third kappa shape index (κ3) is 3.08. The van der Waals surface area contributed by atoms with Crippen LogP contribution < -0.4 is 5.32 Å². The van der Waals surface area contributed by atoms with Crippen molar-refractivity contribution >= 4 is 6.09 Å². The molecule has 0 bridgehead atoms. The quantitative estimate of drug-likeness (QED) is 0.629. The Kier molecular flexibility index (Phi) is 3.22. The zero-order valence-corrected chi connectivity index (χ0v) is 6.90. The van der Waals surface area contributed by atoms with Gasteiger partial charge in [-0.25, -0.2) is 4.79 Å². The minimum atomic E-state index is -1.09. The monoisotopic (exact) mass is 182 g/mol. The van der Waals surface area contributed by atoms with E-state index in [4.69, 9.17) is 10.2 Å². The molecule has 70 valence electrons. The Labute approximate surface area is 75.0 Å². The Bertz CT molecular complexity index is 301. The molecule has 0 unspecified atom stereocenters. The third-order valence-electron chi connectivity index (χ3n) is 1.48. The molecule has 5 heteroatoms. The van der Waals surface area contributed by atoms with Crippen LogP contribution in [0, 0.1) is 0 Å². The number of hydrogen-bond donors (Lipinski definition) is 3. The van der Waals surface area contributed by atoms with Gasteiger partial charge in [-0.2, -0.15) is 0 Å². The van der Waals surface area contributed by atoms with Gasteiger partial charge >= 0.3 is 6.09 Å². The van der Waals surface area contributed by atoms with Crippen molar-refractivity contribution in [1.82, 2.24) is 10.3 Å². The molecule has 0 atom stereocenters. The van der Waals surface area contributed by atoms with Gasteiger partial charge in [0.05, 0.1) is 18.8 Å². The molecule has 1 rings (SSSR count). The van der Waals surface area contributed by atoms with Crippen LogP contribution in [0.1, 0.15) is 11.3 Å². The summed E-state index contributed by atoms with van der Waals surface area (Å²) >= 11 is 0. The summed E-state index contributed by atoms with van der Waals surface area (Å²) in [4.78, 5) is 14.1. The Morgan fingerprint density at radius 1 is 1.62 bits per heavy atom. The maximum Gasteiger partial charge on any atom is 0.404 e. The Balaban J connectivity index is 2.61. The van der Waals surface area contributed by atoms with Crippen molar-refractivity contribution in [3.05, 3.63) is 29.6 Å². The number of carbonyl (C=O) groups is 1. The summed E-state index contributed by atoms with van der Waals surface area (Å²) < 4.78 is 0. The van der Waals surface area contributed by atoms with Crippen molar-refractivity contribution in [3.63, 3.8) is 0 Å². The van der Waals surface area contributed by atoms with Gasteiger partial charge in [0.25, 0.3) is 0 Å². The average molecular weight is 182 g/mol. The van der Waals surface area contributed by atoms with Crippen LogP contribution in [0.15, 0.2) is 18.3 Å². The van der Waals surface area contributed by atoms with Crippen LogP contribution in [-0.4, -0.2) is 21.3 Å². The van der Waals surface area contributed by atoms with Gasteiger partial charge in [0, 0.05) is 6.20 Å². The highest BCUT2D eigenvalue weighted by molar-refractivity contribution is 5.64. The van der Waals surface area contributed by atoms with Crippen LogP contribution >= 0.6 is 0 Å². The summed E-state index contributed by atoms with van der Waals surface area (Å²) in [5.74, 6) is 0. The molecule has 3 N–H and O–H groups in total. The summed E-state index contributed by atoms with van der Waals surface area (Å²) in [6.07, 6.45) is 0.445. The van der Waals surface area contributed by atoms with Crippen LogP contribution in [0.4, 0.5) is 4.79 Å². The Hall–Kier alpha value is -1.62. The van der Waals surface area contributed by atoms with Gasteiger partial charge in [-0.15, -0.1) is 0 Å². The predicted molar refractivity (Wildman–Crippen MR) is 45.0 cm³/mol. The highest BCUT2D eigenvalue weighted by atomic mass is 16.4. The molecule has 0 aliphatic carbocycles. The molecule has 0 aliphatic rings. The molecule has 1 aromatic rings. The SMILES string of the molecule is O=C(O)NCc1cc(CO)ccn1. The number of rotatable bonds is 3. The van der Waals surface area contributed by atoms with E-state index in [0.717, 1.165) is 5.56 Å². The maximum atomic E-state index is 10.1. The molecule has 1 aromatic heterocycles. The Morgan fingerprint density at radius 2 is 2.38 bits per heavy atom. The van der Waals surface area contributed by atoms with Crippen molar-refractivity contribution in [1.29, 1.82) is 0 Å². The van der Waals surface area contributed by atoms with Crippen LogP contribution in [-0.2, 0) is 13.2 Å². The van der Waals surface area contributed by atoms with Crippen molar-refractivity contribution in [2.45, 2.75) is 13.2 Å². The molecule has 0 aliphatic heterocycles. The van der Waals surface area contributed by atoms with Gasteiger partial charge in [0.15, 0.2) is 0 Å². The van der Waals surface area contributed by atoms with E-state index in [0.29, 0.717) is 5.69 Å². The smallest absolute Gasteiger partial charge is 0.404 e. The van der Waals surface area contributed by atoms with Gasteiger partial charge in [-0.3, -0.25) is 4.98 Å². The molecule has 1 amide bonds. The topological polar surface area (TPSA) is 82.5 Å². The van der Waals surface area contributed by atoms with Gasteiger partial charge in [-0.05, 0) is 17.7 Å². The van der Waals surface area contributed by atoms with Crippen LogP contribution in [0.25, 0.3) is 0 Å². The van der Waals surface area contributed by atoms with Crippen molar-refractivity contribution in [2.24, 2.45) is 0 Å². The second kappa shape index (κ2) is 4.42. The van der Waals surface area contributed by atoms with Crippen LogP contribution in [0.3, 0.4) is 0 Å². The molecular formula is C8H10N2O3. The van der Waals surface area contributed by atoms with Gasteiger partial charge in [-0.1, -0.05) is 0 Å². The molecule has 0 saturated carbocycles. The van der Waals surface area contributed by atoms with Crippen LogP contribution in [0.2, 0.25) is 0 Å². The number of aliphatic hydroxyl groups excluding tert-OH is 1. The molecular weight excluding hydrogens is 172 g/mol. The largest absolute Gasteiger partial charge is 0.465 e. The lowest BCUT2D eigenvalue weighted by Gasteiger charge is -2.01. The molecule has 0 aromatic carbocycles. The second-order valence-corrected chi connectivity index (χ2v) is 2.47. The third-order valence-corrected chi connectivity index (χ3v) is 1.48. The first-order valence-corrected chi connectivity index (χ1v) is 3.74. The summed E-state index contributed by atoms with van der Waals surface area (Å²) in [6.45, 7) is 0.0891.